The maximum absolute atomic E-state index is 10.9. The Bertz CT molecular complexity index is 368. The average molecular weight is 300 g/mol. The van der Waals surface area contributed by atoms with Crippen LogP contribution in [0, 0.1) is 0 Å². The van der Waals surface area contributed by atoms with Gasteiger partial charge in [-0.15, -0.1) is 0 Å². The number of carbonyl (C=O) groups excluding carboxylic acids is 1. The van der Waals surface area contributed by atoms with Gasteiger partial charge in [-0.1, -0.05) is 28.1 Å². The van der Waals surface area contributed by atoms with Crippen molar-refractivity contribution in [3.8, 4) is 0 Å². The smallest absolute Gasteiger partial charge is 0.305 e. The molecule has 0 saturated heterocycles. The third-order valence-electron chi connectivity index (χ3n) is 2.58. The molecule has 0 heterocycles. The van der Waals surface area contributed by atoms with E-state index in [2.05, 4.69) is 45.0 Å². The van der Waals surface area contributed by atoms with Gasteiger partial charge in [0.25, 0.3) is 0 Å². The van der Waals surface area contributed by atoms with Crippen molar-refractivity contribution in [2.24, 2.45) is 0 Å². The zero-order valence-electron chi connectivity index (χ0n) is 10.2. The second-order valence-corrected chi connectivity index (χ2v) is 4.83. The third-order valence-corrected chi connectivity index (χ3v) is 3.08. The fourth-order valence-electron chi connectivity index (χ4n) is 1.55. The number of hydrogen-bond donors (Lipinski definition) is 1. The van der Waals surface area contributed by atoms with E-state index in [0.29, 0.717) is 6.42 Å². The van der Waals surface area contributed by atoms with Gasteiger partial charge in [-0.05, 0) is 37.6 Å². The van der Waals surface area contributed by atoms with Crippen LogP contribution in [0.3, 0.4) is 0 Å². The molecule has 0 amide bonds. The Morgan fingerprint density at radius 2 is 2.29 bits per heavy atom. The summed E-state index contributed by atoms with van der Waals surface area (Å²) in [7, 11) is 1.42. The van der Waals surface area contributed by atoms with Crippen LogP contribution in [-0.2, 0) is 9.53 Å². The molecule has 94 valence electrons. The van der Waals surface area contributed by atoms with Crippen molar-refractivity contribution < 1.29 is 9.53 Å². The number of halogens is 1. The fourth-order valence-corrected chi connectivity index (χ4v) is 1.96. The molecule has 0 aliphatic carbocycles. The number of nitrogens with one attached hydrogen (secondary N) is 1. The Hall–Kier alpha value is -0.870. The molecule has 1 N–H and O–H groups in total. The van der Waals surface area contributed by atoms with E-state index in [1.807, 2.05) is 12.1 Å². The first-order valence-electron chi connectivity index (χ1n) is 5.69. The summed E-state index contributed by atoms with van der Waals surface area (Å²) < 4.78 is 5.67. The summed E-state index contributed by atoms with van der Waals surface area (Å²) in [5.74, 6) is -0.151. The van der Waals surface area contributed by atoms with Gasteiger partial charge in [0.15, 0.2) is 0 Å². The van der Waals surface area contributed by atoms with Gasteiger partial charge in [0.05, 0.1) is 7.11 Å². The van der Waals surface area contributed by atoms with Gasteiger partial charge in [0.2, 0.25) is 0 Å². The van der Waals surface area contributed by atoms with Crippen LogP contribution >= 0.6 is 15.9 Å². The van der Waals surface area contributed by atoms with E-state index in [9.17, 15) is 4.79 Å². The highest BCUT2D eigenvalue weighted by molar-refractivity contribution is 9.10. The molecule has 0 spiro atoms. The minimum atomic E-state index is -0.151. The van der Waals surface area contributed by atoms with Gasteiger partial charge < -0.3 is 10.1 Å². The molecule has 1 aromatic carbocycles. The standard InChI is InChI=1S/C13H18BrNO2/c1-10(11-5-3-6-12(14)9-11)15-8-4-7-13(16)17-2/h3,5-6,9-10,15H,4,7-8H2,1-2H3/t10-/m0/s1. The van der Waals surface area contributed by atoms with Gasteiger partial charge in [0.1, 0.15) is 0 Å². The maximum atomic E-state index is 10.9. The SMILES string of the molecule is COC(=O)CCCN[C@@H](C)c1cccc(Br)c1. The van der Waals surface area contributed by atoms with Crippen LogP contribution in [0.15, 0.2) is 28.7 Å². The minimum absolute atomic E-state index is 0.151. The van der Waals surface area contributed by atoms with Gasteiger partial charge in [-0.3, -0.25) is 4.79 Å². The zero-order valence-corrected chi connectivity index (χ0v) is 11.8. The Morgan fingerprint density at radius 1 is 1.53 bits per heavy atom. The van der Waals surface area contributed by atoms with Crippen LogP contribution in [0.5, 0.6) is 0 Å². The van der Waals surface area contributed by atoms with Gasteiger partial charge in [0, 0.05) is 16.9 Å². The molecule has 17 heavy (non-hydrogen) atoms. The van der Waals surface area contributed by atoms with E-state index in [4.69, 9.17) is 0 Å². The molecule has 0 aromatic heterocycles. The second-order valence-electron chi connectivity index (χ2n) is 3.91. The second kappa shape index (κ2) is 7.45. The molecule has 0 fully saturated rings. The lowest BCUT2D eigenvalue weighted by atomic mass is 10.1. The quantitative estimate of drug-likeness (QED) is 0.648. The van der Waals surface area contributed by atoms with Crippen molar-refractivity contribution in [1.29, 1.82) is 0 Å². The molecule has 0 unspecified atom stereocenters. The molecule has 0 radical (unpaired) electrons. The van der Waals surface area contributed by atoms with E-state index in [1.54, 1.807) is 0 Å². The van der Waals surface area contributed by atoms with Crippen LogP contribution in [0.1, 0.15) is 31.4 Å². The minimum Gasteiger partial charge on any atom is -0.469 e. The predicted molar refractivity (Wildman–Crippen MR) is 71.8 cm³/mol. The van der Waals surface area contributed by atoms with Crippen LogP contribution in [0.25, 0.3) is 0 Å². The number of benzene rings is 1. The zero-order chi connectivity index (χ0) is 12.7. The Kier molecular flexibility index (Phi) is 6.22. The number of esters is 1. The molecule has 0 saturated carbocycles. The molecular formula is C13H18BrNO2. The van der Waals surface area contributed by atoms with Crippen molar-refractivity contribution in [1.82, 2.24) is 5.32 Å². The molecule has 1 rings (SSSR count). The summed E-state index contributed by atoms with van der Waals surface area (Å²) >= 11 is 3.45. The van der Waals surface area contributed by atoms with E-state index < -0.39 is 0 Å². The fraction of sp³-hybridized carbons (Fsp3) is 0.462. The van der Waals surface area contributed by atoms with E-state index >= 15 is 0 Å². The topological polar surface area (TPSA) is 38.3 Å². The van der Waals surface area contributed by atoms with Crippen LogP contribution in [0.4, 0.5) is 0 Å². The van der Waals surface area contributed by atoms with Crippen molar-refractivity contribution in [2.75, 3.05) is 13.7 Å². The van der Waals surface area contributed by atoms with Crippen LogP contribution in [0.2, 0.25) is 0 Å². The lowest BCUT2D eigenvalue weighted by Gasteiger charge is -2.14. The molecule has 1 atom stereocenters. The maximum Gasteiger partial charge on any atom is 0.305 e. The first-order valence-corrected chi connectivity index (χ1v) is 6.48. The highest BCUT2D eigenvalue weighted by atomic mass is 79.9. The van der Waals surface area contributed by atoms with E-state index in [0.717, 1.165) is 17.4 Å². The normalized spacial score (nSPS) is 12.2. The summed E-state index contributed by atoms with van der Waals surface area (Å²) in [5.41, 5.74) is 1.23. The highest BCUT2D eigenvalue weighted by Gasteiger charge is 2.05. The Labute approximate surface area is 111 Å². The predicted octanol–water partition coefficient (Wildman–Crippen LogP) is 3.05. The Morgan fingerprint density at radius 3 is 2.94 bits per heavy atom. The Balaban J connectivity index is 2.30. The molecular weight excluding hydrogens is 282 g/mol. The van der Waals surface area contributed by atoms with Crippen molar-refractivity contribution >= 4 is 21.9 Å². The lowest BCUT2D eigenvalue weighted by Crippen LogP contribution is -2.20. The van der Waals surface area contributed by atoms with Gasteiger partial charge in [-0.25, -0.2) is 0 Å². The summed E-state index contributed by atoms with van der Waals surface area (Å²) in [6, 6.07) is 8.49. The summed E-state index contributed by atoms with van der Waals surface area (Å²) in [6.45, 7) is 2.92. The highest BCUT2D eigenvalue weighted by Crippen LogP contribution is 2.17. The summed E-state index contributed by atoms with van der Waals surface area (Å²) in [6.07, 6.45) is 1.26. The van der Waals surface area contributed by atoms with E-state index in [1.165, 1.54) is 12.7 Å². The van der Waals surface area contributed by atoms with Crippen molar-refractivity contribution in [2.45, 2.75) is 25.8 Å². The number of methoxy groups -OCH3 is 1. The lowest BCUT2D eigenvalue weighted by molar-refractivity contribution is -0.140. The first-order chi connectivity index (χ1) is 8.13. The molecule has 0 aliphatic heterocycles. The largest absolute Gasteiger partial charge is 0.469 e. The number of hydrogen-bond acceptors (Lipinski definition) is 3. The van der Waals surface area contributed by atoms with E-state index in [-0.39, 0.29) is 12.0 Å². The molecule has 1 aromatic rings. The summed E-state index contributed by atoms with van der Waals surface area (Å²) in [5, 5.41) is 3.38. The van der Waals surface area contributed by atoms with Gasteiger partial charge >= 0.3 is 5.97 Å². The molecule has 4 heteroatoms. The average Bonchev–Trinajstić information content (AvgIpc) is 2.34. The number of rotatable bonds is 6. The summed E-state index contributed by atoms with van der Waals surface area (Å²) in [4.78, 5) is 10.9. The first kappa shape index (κ1) is 14.2. The van der Waals surface area contributed by atoms with Gasteiger partial charge in [-0.2, -0.15) is 0 Å². The van der Waals surface area contributed by atoms with Crippen LogP contribution < -0.4 is 5.32 Å². The monoisotopic (exact) mass is 299 g/mol. The molecule has 0 aliphatic rings. The van der Waals surface area contributed by atoms with Crippen molar-refractivity contribution in [3.63, 3.8) is 0 Å². The molecule has 3 nitrogen and oxygen atoms in total. The molecule has 0 bridgehead atoms. The number of carbonyl (C=O) groups is 1. The number of ether oxygens (including phenoxy) is 1. The third kappa shape index (κ3) is 5.33. The van der Waals surface area contributed by atoms with Crippen LogP contribution in [-0.4, -0.2) is 19.6 Å². The van der Waals surface area contributed by atoms with Crippen molar-refractivity contribution in [3.05, 3.63) is 34.3 Å².